The van der Waals surface area contributed by atoms with E-state index >= 15 is 0 Å². The molecule has 0 aliphatic heterocycles. The summed E-state index contributed by atoms with van der Waals surface area (Å²) in [6.45, 7) is 0. The molecule has 1 unspecified atom stereocenters. The fraction of sp³-hybridized carbons (Fsp3) is 0.316. The second-order valence-corrected chi connectivity index (χ2v) is 6.82. The van der Waals surface area contributed by atoms with Crippen LogP contribution in [-0.2, 0) is 12.6 Å². The first-order valence-electron chi connectivity index (χ1n) is 8.75. The van der Waals surface area contributed by atoms with Crippen LogP contribution in [0.4, 0.5) is 23.4 Å². The van der Waals surface area contributed by atoms with Crippen LogP contribution in [0.5, 0.6) is 0 Å². The van der Waals surface area contributed by atoms with Gasteiger partial charge >= 0.3 is 6.18 Å². The van der Waals surface area contributed by atoms with Crippen LogP contribution >= 0.6 is 0 Å². The number of rotatable bonds is 4. The van der Waals surface area contributed by atoms with Gasteiger partial charge in [0.1, 0.15) is 11.6 Å². The third-order valence-electron chi connectivity index (χ3n) is 4.70. The van der Waals surface area contributed by atoms with Gasteiger partial charge in [-0.05, 0) is 67.1 Å². The van der Waals surface area contributed by atoms with Crippen LogP contribution in [0.1, 0.15) is 36.0 Å². The maximum atomic E-state index is 13.6. The molecule has 0 saturated heterocycles. The average molecular weight is 395 g/mol. The van der Waals surface area contributed by atoms with Gasteiger partial charge in [0, 0.05) is 17.9 Å². The molecule has 0 spiro atoms. The minimum atomic E-state index is -4.61. The highest BCUT2D eigenvalue weighted by molar-refractivity contribution is 5.48. The van der Waals surface area contributed by atoms with Crippen LogP contribution in [-0.4, -0.2) is 11.0 Å². The van der Waals surface area contributed by atoms with Crippen molar-refractivity contribution in [2.45, 2.75) is 37.9 Å². The van der Waals surface area contributed by atoms with E-state index in [4.69, 9.17) is 17.3 Å². The summed E-state index contributed by atoms with van der Waals surface area (Å²) < 4.78 is 52.3. The number of halogens is 4. The van der Waals surface area contributed by atoms with Crippen molar-refractivity contribution in [1.82, 2.24) is 4.98 Å². The maximum absolute atomic E-state index is 13.6. The van der Waals surface area contributed by atoms with E-state index in [1.165, 1.54) is 11.2 Å². The first-order chi connectivity index (χ1) is 13.1. The topological polar surface area (TPSA) is 94.2 Å². The van der Waals surface area contributed by atoms with Crippen molar-refractivity contribution in [2.24, 2.45) is 17.3 Å². The molecule has 0 amide bonds. The molecule has 1 aliphatic rings. The number of hydrogen-bond acceptors (Lipinski definition) is 5. The summed E-state index contributed by atoms with van der Waals surface area (Å²) in [6.07, 6.45) is -0.753. The van der Waals surface area contributed by atoms with Crippen molar-refractivity contribution < 1.29 is 17.6 Å². The smallest absolute Gasteiger partial charge is 0.399 e. The number of anilines is 1. The lowest BCUT2D eigenvalue weighted by Gasteiger charge is -2.29. The van der Waals surface area contributed by atoms with E-state index in [2.05, 4.69) is 4.98 Å². The van der Waals surface area contributed by atoms with Crippen LogP contribution < -0.4 is 22.3 Å². The number of alkyl halides is 3. The molecule has 6 N–H and O–H groups in total. The highest BCUT2D eigenvalue weighted by Gasteiger charge is 2.31. The lowest BCUT2D eigenvalue weighted by molar-refractivity contribution is -0.137. The molecule has 1 heterocycles. The molecule has 9 heteroatoms. The van der Waals surface area contributed by atoms with Crippen molar-refractivity contribution in [3.8, 4) is 0 Å². The highest BCUT2D eigenvalue weighted by atomic mass is 19.4. The van der Waals surface area contributed by atoms with Crippen LogP contribution in [0, 0.1) is 5.82 Å². The van der Waals surface area contributed by atoms with E-state index in [1.54, 1.807) is 12.1 Å². The summed E-state index contributed by atoms with van der Waals surface area (Å²) >= 11 is 0. The molecule has 0 radical (unpaired) electrons. The van der Waals surface area contributed by atoms with Crippen LogP contribution in [0.15, 0.2) is 47.9 Å². The molecular weight excluding hydrogens is 374 g/mol. The van der Waals surface area contributed by atoms with E-state index in [0.29, 0.717) is 35.3 Å². The largest absolute Gasteiger partial charge is 0.416 e. The van der Waals surface area contributed by atoms with Crippen molar-refractivity contribution in [3.63, 3.8) is 0 Å². The summed E-state index contributed by atoms with van der Waals surface area (Å²) in [5.41, 5.74) is 13.0. The Bertz CT molecular complexity index is 894. The van der Waals surface area contributed by atoms with Gasteiger partial charge in [0.25, 0.3) is 0 Å². The zero-order valence-electron chi connectivity index (χ0n) is 15.0. The number of hydrazine groups is 1. The van der Waals surface area contributed by atoms with E-state index in [-0.39, 0.29) is 18.0 Å². The van der Waals surface area contributed by atoms with Crippen molar-refractivity contribution >= 4 is 5.82 Å². The van der Waals surface area contributed by atoms with Crippen LogP contribution in [0.2, 0.25) is 0 Å². The predicted molar refractivity (Wildman–Crippen MR) is 98.2 cm³/mol. The monoisotopic (exact) mass is 395 g/mol. The Hall–Kier alpha value is -2.65. The van der Waals surface area contributed by atoms with Gasteiger partial charge in [0.2, 0.25) is 0 Å². The Balaban J connectivity index is 1.87. The number of allylic oxidation sites excluding steroid dienone is 1. The van der Waals surface area contributed by atoms with E-state index < -0.39 is 17.6 Å². The van der Waals surface area contributed by atoms with Crippen LogP contribution in [0.3, 0.4) is 0 Å². The molecule has 0 fully saturated rings. The van der Waals surface area contributed by atoms with Crippen molar-refractivity contribution in [2.75, 3.05) is 5.01 Å². The number of benzene rings is 1. The molecule has 1 aliphatic carbocycles. The molecule has 0 saturated carbocycles. The van der Waals surface area contributed by atoms with E-state index in [9.17, 15) is 17.6 Å². The number of nitrogens with two attached hydrogens (primary N) is 3. The Morgan fingerprint density at radius 2 is 1.89 bits per heavy atom. The maximum Gasteiger partial charge on any atom is 0.416 e. The Morgan fingerprint density at radius 3 is 2.61 bits per heavy atom. The SMILES string of the molecule is NC1=C(N(N)c2cc(Cc3cc(F)cc(C(F)(F)F)c3)ccn2)CCCC1N. The quantitative estimate of drug-likeness (QED) is 0.420. The minimum absolute atomic E-state index is 0.0955. The predicted octanol–water partition coefficient (Wildman–Crippen LogP) is 3.19. The first-order valence-corrected chi connectivity index (χ1v) is 8.75. The number of pyridine rings is 1. The first kappa shape index (κ1) is 20.1. The standard InChI is InChI=1S/C19H21F4N5/c20-14-8-12(7-13(10-14)19(21,22)23)6-11-4-5-27-17(9-11)28(26)16-3-1-2-15(24)18(16)25/h4-5,7-10,15H,1-3,6,24-26H2. The molecule has 5 nitrogen and oxygen atoms in total. The number of nitrogens with zero attached hydrogens (tertiary/aromatic N) is 2. The Labute approximate surface area is 159 Å². The average Bonchev–Trinajstić information content (AvgIpc) is 2.62. The normalized spacial score (nSPS) is 17.7. The molecular formula is C19H21F4N5. The fourth-order valence-electron chi connectivity index (χ4n) is 3.26. The second kappa shape index (κ2) is 7.76. The van der Waals surface area contributed by atoms with Gasteiger partial charge in [-0.25, -0.2) is 15.2 Å². The highest BCUT2D eigenvalue weighted by Crippen LogP contribution is 2.31. The molecule has 0 bridgehead atoms. The lowest BCUT2D eigenvalue weighted by Crippen LogP contribution is -2.40. The molecule has 28 heavy (non-hydrogen) atoms. The second-order valence-electron chi connectivity index (χ2n) is 6.82. The zero-order valence-corrected chi connectivity index (χ0v) is 15.0. The summed E-state index contributed by atoms with van der Waals surface area (Å²) in [4.78, 5) is 4.21. The van der Waals surface area contributed by atoms with Gasteiger partial charge in [-0.15, -0.1) is 0 Å². The summed E-state index contributed by atoms with van der Waals surface area (Å²) in [6, 6.07) is 5.50. The van der Waals surface area contributed by atoms with Gasteiger partial charge in [0.05, 0.1) is 11.3 Å². The van der Waals surface area contributed by atoms with Gasteiger partial charge < -0.3 is 11.5 Å². The van der Waals surface area contributed by atoms with Gasteiger partial charge in [-0.1, -0.05) is 0 Å². The van der Waals surface area contributed by atoms with Gasteiger partial charge in [0.15, 0.2) is 0 Å². The summed E-state index contributed by atoms with van der Waals surface area (Å²) in [5.74, 6) is 5.61. The Morgan fingerprint density at radius 1 is 1.14 bits per heavy atom. The fourth-order valence-corrected chi connectivity index (χ4v) is 3.26. The van der Waals surface area contributed by atoms with Crippen LogP contribution in [0.25, 0.3) is 0 Å². The molecule has 2 aromatic rings. The number of aromatic nitrogens is 1. The molecule has 150 valence electrons. The lowest BCUT2D eigenvalue weighted by atomic mass is 9.97. The molecule has 1 aromatic carbocycles. The Kier molecular flexibility index (Phi) is 5.57. The zero-order chi connectivity index (χ0) is 20.5. The van der Waals surface area contributed by atoms with Gasteiger partial charge in [-0.3, -0.25) is 5.01 Å². The van der Waals surface area contributed by atoms with Gasteiger partial charge in [-0.2, -0.15) is 13.2 Å². The van der Waals surface area contributed by atoms with E-state index in [1.807, 2.05) is 0 Å². The molecule has 3 rings (SSSR count). The van der Waals surface area contributed by atoms with E-state index in [0.717, 1.165) is 25.0 Å². The summed E-state index contributed by atoms with van der Waals surface area (Å²) in [5, 5.41) is 1.35. The summed E-state index contributed by atoms with van der Waals surface area (Å²) in [7, 11) is 0. The van der Waals surface area contributed by atoms with Crippen molar-refractivity contribution in [3.05, 3.63) is 70.4 Å². The minimum Gasteiger partial charge on any atom is -0.399 e. The molecule has 1 atom stereocenters. The number of hydrogen-bond donors (Lipinski definition) is 3. The van der Waals surface area contributed by atoms with Crippen molar-refractivity contribution in [1.29, 1.82) is 0 Å². The third-order valence-corrected chi connectivity index (χ3v) is 4.70. The third kappa shape index (κ3) is 4.42. The molecule has 1 aromatic heterocycles.